The highest BCUT2D eigenvalue weighted by Crippen LogP contribution is 2.32. The summed E-state index contributed by atoms with van der Waals surface area (Å²) in [6, 6.07) is 11.2. The summed E-state index contributed by atoms with van der Waals surface area (Å²) < 4.78 is 12.1. The summed E-state index contributed by atoms with van der Waals surface area (Å²) in [7, 11) is 0. The average molecular weight is 428 g/mol. The van der Waals surface area contributed by atoms with Crippen molar-refractivity contribution in [2.24, 2.45) is 5.92 Å². The van der Waals surface area contributed by atoms with Crippen molar-refractivity contribution >= 4 is 5.91 Å². The number of amides is 1. The maximum atomic E-state index is 12.7. The normalized spacial score (nSPS) is 16.4. The summed E-state index contributed by atoms with van der Waals surface area (Å²) in [4.78, 5) is 19.2. The Bertz CT molecular complexity index is 843. The van der Waals surface area contributed by atoms with Crippen molar-refractivity contribution in [3.8, 4) is 17.4 Å². The Hall–Kier alpha value is -2.64. The zero-order chi connectivity index (χ0) is 22.1. The Morgan fingerprint density at radius 3 is 2.74 bits per heavy atom. The van der Waals surface area contributed by atoms with E-state index in [1.165, 1.54) is 0 Å². The number of hydrogen-bond acceptors (Lipinski definition) is 6. The van der Waals surface area contributed by atoms with Crippen LogP contribution in [0.4, 0.5) is 0 Å². The van der Waals surface area contributed by atoms with Crippen LogP contribution in [0, 0.1) is 5.92 Å². The monoisotopic (exact) mass is 427 g/mol. The van der Waals surface area contributed by atoms with Gasteiger partial charge in [-0.2, -0.15) is 0 Å². The van der Waals surface area contributed by atoms with E-state index < -0.39 is 0 Å². The predicted octanol–water partition coefficient (Wildman–Crippen LogP) is 3.37. The van der Waals surface area contributed by atoms with Gasteiger partial charge in [0, 0.05) is 18.3 Å². The fourth-order valence-corrected chi connectivity index (χ4v) is 3.52. The topological polar surface area (TPSA) is 83.9 Å². The van der Waals surface area contributed by atoms with E-state index >= 15 is 0 Å². The Morgan fingerprint density at radius 1 is 1.16 bits per heavy atom. The lowest BCUT2D eigenvalue weighted by atomic mass is 10.1. The van der Waals surface area contributed by atoms with E-state index in [1.54, 1.807) is 6.20 Å². The molecule has 2 aromatic rings. The van der Waals surface area contributed by atoms with Crippen LogP contribution < -0.4 is 14.8 Å². The molecule has 31 heavy (non-hydrogen) atoms. The highest BCUT2D eigenvalue weighted by molar-refractivity contribution is 5.78. The van der Waals surface area contributed by atoms with Crippen LogP contribution in [-0.2, 0) is 11.3 Å². The Balaban J connectivity index is 1.78. The van der Waals surface area contributed by atoms with Crippen LogP contribution in [0.2, 0.25) is 0 Å². The van der Waals surface area contributed by atoms with Gasteiger partial charge in [0.2, 0.25) is 11.8 Å². The number of hydrogen-bond donors (Lipinski definition) is 2. The van der Waals surface area contributed by atoms with Crippen molar-refractivity contribution in [2.45, 2.75) is 45.7 Å². The molecule has 1 aliphatic rings. The largest absolute Gasteiger partial charge is 0.490 e. The molecular formula is C24H33N3O4. The standard InChI is InChI=1S/C24H33N3O4/c1-18(2)20(17-28)26-23(29)16-27-13-6-3-7-14-30-21-10-4-5-11-22(21)31-24-19(15-27)9-8-12-25-24/h4-5,8-12,18,20,28H,3,6-7,13-17H2,1-2H3,(H,26,29)/t20-/m1/s1. The number of carbonyl (C=O) groups excluding carboxylic acids is 1. The molecule has 7 heteroatoms. The minimum absolute atomic E-state index is 0.0661. The molecule has 0 bridgehead atoms. The molecule has 7 nitrogen and oxygen atoms in total. The van der Waals surface area contributed by atoms with Gasteiger partial charge in [-0.15, -0.1) is 0 Å². The summed E-state index contributed by atoms with van der Waals surface area (Å²) in [5.74, 6) is 1.94. The van der Waals surface area contributed by atoms with E-state index in [4.69, 9.17) is 9.47 Å². The Labute approximate surface area is 184 Å². The van der Waals surface area contributed by atoms with Crippen molar-refractivity contribution < 1.29 is 19.4 Å². The zero-order valence-corrected chi connectivity index (χ0v) is 18.4. The molecule has 2 N–H and O–H groups in total. The molecule has 1 atom stereocenters. The fourth-order valence-electron chi connectivity index (χ4n) is 3.52. The number of aliphatic hydroxyl groups excluding tert-OH is 1. The lowest BCUT2D eigenvalue weighted by Gasteiger charge is -2.25. The van der Waals surface area contributed by atoms with Crippen molar-refractivity contribution in [1.29, 1.82) is 0 Å². The summed E-state index contributed by atoms with van der Waals surface area (Å²) in [6.45, 7) is 6.10. The van der Waals surface area contributed by atoms with Gasteiger partial charge in [0.1, 0.15) is 0 Å². The van der Waals surface area contributed by atoms with Crippen LogP contribution in [0.3, 0.4) is 0 Å². The first kappa shape index (κ1) is 23.0. The number of pyridine rings is 1. The second-order valence-electron chi connectivity index (χ2n) is 8.24. The number of nitrogens with zero attached hydrogens (tertiary/aromatic N) is 2. The molecule has 0 unspecified atom stereocenters. The minimum atomic E-state index is -0.241. The molecule has 1 aromatic carbocycles. The molecule has 3 rings (SSSR count). The van der Waals surface area contributed by atoms with Crippen LogP contribution in [0.5, 0.6) is 17.4 Å². The lowest BCUT2D eigenvalue weighted by Crippen LogP contribution is -2.46. The summed E-state index contributed by atoms with van der Waals surface area (Å²) in [5, 5.41) is 12.5. The molecule has 168 valence electrons. The third-order valence-electron chi connectivity index (χ3n) is 5.39. The SMILES string of the molecule is CC(C)[C@@H](CO)NC(=O)CN1CCCCCOc2ccccc2Oc2ncccc2C1. The molecule has 1 aliphatic heterocycles. The molecule has 1 aromatic heterocycles. The predicted molar refractivity (Wildman–Crippen MR) is 119 cm³/mol. The number of fused-ring (bicyclic) bond motifs is 2. The van der Waals surface area contributed by atoms with Gasteiger partial charge in [0.25, 0.3) is 0 Å². The summed E-state index contributed by atoms with van der Waals surface area (Å²) in [6.07, 6.45) is 4.60. The van der Waals surface area contributed by atoms with E-state index in [9.17, 15) is 9.90 Å². The number of aliphatic hydroxyl groups is 1. The van der Waals surface area contributed by atoms with Gasteiger partial charge in [-0.1, -0.05) is 32.0 Å². The Morgan fingerprint density at radius 2 is 1.97 bits per heavy atom. The zero-order valence-electron chi connectivity index (χ0n) is 18.4. The average Bonchev–Trinajstić information content (AvgIpc) is 2.77. The van der Waals surface area contributed by atoms with Crippen LogP contribution in [-0.4, -0.2) is 53.2 Å². The second-order valence-corrected chi connectivity index (χ2v) is 8.24. The smallest absolute Gasteiger partial charge is 0.234 e. The van der Waals surface area contributed by atoms with E-state index in [0.717, 1.165) is 31.4 Å². The number of rotatable bonds is 5. The number of ether oxygens (including phenoxy) is 2. The van der Waals surface area contributed by atoms with Gasteiger partial charge < -0.3 is 19.9 Å². The first-order chi connectivity index (χ1) is 15.1. The van der Waals surface area contributed by atoms with Crippen LogP contribution >= 0.6 is 0 Å². The van der Waals surface area contributed by atoms with Crippen LogP contribution in [0.1, 0.15) is 38.7 Å². The fraction of sp³-hybridized carbons (Fsp3) is 0.500. The van der Waals surface area contributed by atoms with Crippen LogP contribution in [0.15, 0.2) is 42.6 Å². The van der Waals surface area contributed by atoms with E-state index in [1.807, 2.05) is 50.2 Å². The lowest BCUT2D eigenvalue weighted by molar-refractivity contribution is -0.123. The molecule has 0 fully saturated rings. The second kappa shape index (κ2) is 11.7. The summed E-state index contributed by atoms with van der Waals surface area (Å²) >= 11 is 0. The van der Waals surface area contributed by atoms with Gasteiger partial charge >= 0.3 is 0 Å². The van der Waals surface area contributed by atoms with Gasteiger partial charge in [-0.25, -0.2) is 4.98 Å². The van der Waals surface area contributed by atoms with Crippen molar-refractivity contribution in [2.75, 3.05) is 26.3 Å². The summed E-state index contributed by atoms with van der Waals surface area (Å²) in [5.41, 5.74) is 0.909. The first-order valence-electron chi connectivity index (χ1n) is 11.0. The molecule has 0 spiro atoms. The third-order valence-corrected chi connectivity index (χ3v) is 5.39. The number of para-hydroxylation sites is 2. The minimum Gasteiger partial charge on any atom is -0.490 e. The maximum absolute atomic E-state index is 12.7. The highest BCUT2D eigenvalue weighted by atomic mass is 16.5. The van der Waals surface area contributed by atoms with E-state index in [0.29, 0.717) is 30.5 Å². The number of aromatic nitrogens is 1. The van der Waals surface area contributed by atoms with Gasteiger partial charge in [0.05, 0.1) is 25.8 Å². The van der Waals surface area contributed by atoms with Crippen molar-refractivity contribution in [1.82, 2.24) is 15.2 Å². The molecule has 2 heterocycles. The Kier molecular flexibility index (Phi) is 8.67. The van der Waals surface area contributed by atoms with E-state index in [2.05, 4.69) is 15.2 Å². The van der Waals surface area contributed by atoms with E-state index in [-0.39, 0.29) is 31.0 Å². The number of carbonyl (C=O) groups is 1. The molecule has 0 aliphatic carbocycles. The molecular weight excluding hydrogens is 394 g/mol. The highest BCUT2D eigenvalue weighted by Gasteiger charge is 2.19. The number of benzene rings is 1. The van der Waals surface area contributed by atoms with Gasteiger partial charge in [-0.05, 0) is 49.9 Å². The number of nitrogens with one attached hydrogen (secondary N) is 1. The van der Waals surface area contributed by atoms with Crippen molar-refractivity contribution in [3.05, 3.63) is 48.2 Å². The molecule has 1 amide bonds. The molecule has 0 radical (unpaired) electrons. The molecule has 0 saturated heterocycles. The van der Waals surface area contributed by atoms with Crippen molar-refractivity contribution in [3.63, 3.8) is 0 Å². The maximum Gasteiger partial charge on any atom is 0.234 e. The quantitative estimate of drug-likeness (QED) is 0.761. The van der Waals surface area contributed by atoms with Gasteiger partial charge in [-0.3, -0.25) is 9.69 Å². The third kappa shape index (κ3) is 6.94. The molecule has 0 saturated carbocycles. The van der Waals surface area contributed by atoms with Crippen LogP contribution in [0.25, 0.3) is 0 Å². The first-order valence-corrected chi connectivity index (χ1v) is 11.0. The van der Waals surface area contributed by atoms with Gasteiger partial charge in [0.15, 0.2) is 11.5 Å².